The second-order valence-electron chi connectivity index (χ2n) is 5.00. The number of hydrogen-bond donors (Lipinski definition) is 1. The lowest BCUT2D eigenvalue weighted by molar-refractivity contribution is 0.332. The Morgan fingerprint density at radius 2 is 1.94 bits per heavy atom. The Hall–Kier alpha value is -0.340. The van der Waals surface area contributed by atoms with Crippen molar-refractivity contribution >= 4 is 11.3 Å². The van der Waals surface area contributed by atoms with Crippen LogP contribution in [-0.2, 0) is 6.42 Å². The Kier molecular flexibility index (Phi) is 7.60. The van der Waals surface area contributed by atoms with E-state index in [-0.39, 0.29) is 0 Å². The standard InChI is InChI=1S/C16H29NS/c1-5-9-10-13(6-2)16(17-8-4)15-12-11-14(7-3)18-15/h11-13,16-17H,5-10H2,1-4H3. The molecule has 2 heteroatoms. The molecule has 0 aliphatic heterocycles. The quantitative estimate of drug-likeness (QED) is 0.650. The summed E-state index contributed by atoms with van der Waals surface area (Å²) in [6.07, 6.45) is 6.45. The lowest BCUT2D eigenvalue weighted by Gasteiger charge is -2.26. The van der Waals surface area contributed by atoms with Gasteiger partial charge in [-0.2, -0.15) is 0 Å². The van der Waals surface area contributed by atoms with E-state index in [2.05, 4.69) is 45.1 Å². The minimum Gasteiger partial charge on any atom is -0.309 e. The molecule has 0 aliphatic rings. The zero-order valence-electron chi connectivity index (χ0n) is 12.5. The third-order valence-corrected chi connectivity index (χ3v) is 5.00. The highest BCUT2D eigenvalue weighted by Gasteiger charge is 2.21. The van der Waals surface area contributed by atoms with Crippen LogP contribution < -0.4 is 5.32 Å². The lowest BCUT2D eigenvalue weighted by Crippen LogP contribution is -2.27. The average Bonchev–Trinajstić information content (AvgIpc) is 2.86. The van der Waals surface area contributed by atoms with E-state index in [0.717, 1.165) is 18.9 Å². The molecule has 1 rings (SSSR count). The molecule has 104 valence electrons. The molecule has 2 unspecified atom stereocenters. The van der Waals surface area contributed by atoms with Gasteiger partial charge in [0.05, 0.1) is 0 Å². The highest BCUT2D eigenvalue weighted by Crippen LogP contribution is 2.33. The van der Waals surface area contributed by atoms with Crippen LogP contribution in [0.15, 0.2) is 12.1 Å². The van der Waals surface area contributed by atoms with Crippen molar-refractivity contribution in [3.05, 3.63) is 21.9 Å². The predicted molar refractivity (Wildman–Crippen MR) is 83.4 cm³/mol. The van der Waals surface area contributed by atoms with Crippen molar-refractivity contribution < 1.29 is 0 Å². The van der Waals surface area contributed by atoms with Crippen molar-refractivity contribution in [2.24, 2.45) is 5.92 Å². The summed E-state index contributed by atoms with van der Waals surface area (Å²) in [5.41, 5.74) is 0. The molecule has 2 atom stereocenters. The highest BCUT2D eigenvalue weighted by atomic mass is 32.1. The highest BCUT2D eigenvalue weighted by molar-refractivity contribution is 7.12. The number of rotatable bonds is 9. The summed E-state index contributed by atoms with van der Waals surface area (Å²) in [7, 11) is 0. The van der Waals surface area contributed by atoms with Crippen molar-refractivity contribution in [2.45, 2.75) is 65.8 Å². The maximum absolute atomic E-state index is 3.71. The number of unbranched alkanes of at least 4 members (excludes halogenated alkanes) is 1. The molecule has 0 radical (unpaired) electrons. The molecule has 0 aliphatic carbocycles. The Balaban J connectivity index is 2.78. The van der Waals surface area contributed by atoms with Gasteiger partial charge >= 0.3 is 0 Å². The van der Waals surface area contributed by atoms with Crippen LogP contribution in [0.4, 0.5) is 0 Å². The van der Waals surface area contributed by atoms with Gasteiger partial charge in [0.15, 0.2) is 0 Å². The lowest BCUT2D eigenvalue weighted by atomic mass is 9.90. The molecule has 1 nitrogen and oxygen atoms in total. The van der Waals surface area contributed by atoms with Crippen molar-refractivity contribution in [3.63, 3.8) is 0 Å². The minimum atomic E-state index is 0.567. The van der Waals surface area contributed by atoms with Crippen LogP contribution >= 0.6 is 11.3 Å². The Labute approximate surface area is 117 Å². The summed E-state index contributed by atoms with van der Waals surface area (Å²) >= 11 is 2.00. The summed E-state index contributed by atoms with van der Waals surface area (Å²) in [6, 6.07) is 5.21. The number of thiophene rings is 1. The second kappa shape index (κ2) is 8.71. The van der Waals surface area contributed by atoms with Crippen LogP contribution in [0.25, 0.3) is 0 Å². The maximum atomic E-state index is 3.71. The molecule has 0 saturated heterocycles. The van der Waals surface area contributed by atoms with Gasteiger partial charge in [0.25, 0.3) is 0 Å². The SMILES string of the molecule is CCCCC(CC)C(NCC)c1ccc(CC)s1. The minimum absolute atomic E-state index is 0.567. The molecule has 0 bridgehead atoms. The molecule has 18 heavy (non-hydrogen) atoms. The van der Waals surface area contributed by atoms with E-state index in [9.17, 15) is 0 Å². The molecule has 1 aromatic heterocycles. The van der Waals surface area contributed by atoms with Crippen molar-refractivity contribution in [1.82, 2.24) is 5.32 Å². The number of aryl methyl sites for hydroxylation is 1. The first-order valence-electron chi connectivity index (χ1n) is 7.58. The molecular weight excluding hydrogens is 238 g/mol. The molecule has 0 spiro atoms. The summed E-state index contributed by atoms with van der Waals surface area (Å²) in [5, 5.41) is 3.71. The summed E-state index contributed by atoms with van der Waals surface area (Å²) in [4.78, 5) is 3.05. The largest absolute Gasteiger partial charge is 0.309 e. The van der Waals surface area contributed by atoms with E-state index in [1.807, 2.05) is 11.3 Å². The molecule has 1 aromatic rings. The number of hydrogen-bond acceptors (Lipinski definition) is 2. The van der Waals surface area contributed by atoms with Crippen molar-refractivity contribution in [2.75, 3.05) is 6.54 Å². The van der Waals surface area contributed by atoms with E-state index in [4.69, 9.17) is 0 Å². The topological polar surface area (TPSA) is 12.0 Å². The average molecular weight is 267 g/mol. The summed E-state index contributed by atoms with van der Waals surface area (Å²) < 4.78 is 0. The van der Waals surface area contributed by atoms with Gasteiger partial charge in [0.1, 0.15) is 0 Å². The molecule has 0 amide bonds. The predicted octanol–water partition coefficient (Wildman–Crippen LogP) is 5.18. The fourth-order valence-corrected chi connectivity index (χ4v) is 3.67. The number of nitrogens with one attached hydrogen (secondary N) is 1. The van der Waals surface area contributed by atoms with E-state index in [1.165, 1.54) is 35.4 Å². The monoisotopic (exact) mass is 267 g/mol. The molecular formula is C16H29NS. The van der Waals surface area contributed by atoms with Gasteiger partial charge in [-0.15, -0.1) is 11.3 Å². The fourth-order valence-electron chi connectivity index (χ4n) is 2.54. The zero-order valence-corrected chi connectivity index (χ0v) is 13.3. The van der Waals surface area contributed by atoms with Crippen molar-refractivity contribution in [3.8, 4) is 0 Å². The van der Waals surface area contributed by atoms with E-state index in [0.29, 0.717) is 6.04 Å². The molecule has 1 N–H and O–H groups in total. The first-order valence-corrected chi connectivity index (χ1v) is 8.40. The van der Waals surface area contributed by atoms with Gasteiger partial charge in [-0.1, -0.05) is 47.0 Å². The zero-order chi connectivity index (χ0) is 13.4. The van der Waals surface area contributed by atoms with Gasteiger partial charge in [-0.05, 0) is 37.4 Å². The van der Waals surface area contributed by atoms with Crippen molar-refractivity contribution in [1.29, 1.82) is 0 Å². The Morgan fingerprint density at radius 3 is 2.44 bits per heavy atom. The summed E-state index contributed by atoms with van der Waals surface area (Å²) in [6.45, 7) is 10.1. The Morgan fingerprint density at radius 1 is 1.17 bits per heavy atom. The maximum Gasteiger partial charge on any atom is 0.0443 e. The van der Waals surface area contributed by atoms with Crippen LogP contribution in [0, 0.1) is 5.92 Å². The van der Waals surface area contributed by atoms with Crippen LogP contribution in [-0.4, -0.2) is 6.54 Å². The van der Waals surface area contributed by atoms with Gasteiger partial charge < -0.3 is 5.32 Å². The van der Waals surface area contributed by atoms with Crippen LogP contribution in [0.5, 0.6) is 0 Å². The molecule has 1 heterocycles. The van der Waals surface area contributed by atoms with Gasteiger partial charge in [0, 0.05) is 15.8 Å². The van der Waals surface area contributed by atoms with Crippen LogP contribution in [0.1, 0.15) is 69.2 Å². The third kappa shape index (κ3) is 4.40. The normalized spacial score (nSPS) is 14.7. The second-order valence-corrected chi connectivity index (χ2v) is 6.20. The van der Waals surface area contributed by atoms with E-state index >= 15 is 0 Å². The summed E-state index contributed by atoms with van der Waals surface area (Å²) in [5.74, 6) is 0.785. The molecule has 0 aromatic carbocycles. The van der Waals surface area contributed by atoms with E-state index in [1.54, 1.807) is 0 Å². The first kappa shape index (κ1) is 15.7. The van der Waals surface area contributed by atoms with Crippen LogP contribution in [0.2, 0.25) is 0 Å². The first-order chi connectivity index (χ1) is 8.76. The molecule has 0 fully saturated rings. The van der Waals surface area contributed by atoms with Gasteiger partial charge in [0.2, 0.25) is 0 Å². The van der Waals surface area contributed by atoms with Gasteiger partial charge in [-0.3, -0.25) is 0 Å². The molecule has 0 saturated carbocycles. The smallest absolute Gasteiger partial charge is 0.0443 e. The fraction of sp³-hybridized carbons (Fsp3) is 0.750. The third-order valence-electron chi connectivity index (χ3n) is 3.69. The van der Waals surface area contributed by atoms with Gasteiger partial charge in [-0.25, -0.2) is 0 Å². The van der Waals surface area contributed by atoms with E-state index < -0.39 is 0 Å². The van der Waals surface area contributed by atoms with Crippen LogP contribution in [0.3, 0.4) is 0 Å². The Bertz CT molecular complexity index is 319.